The van der Waals surface area contributed by atoms with Gasteiger partial charge in [0, 0.05) is 30.3 Å². The molecule has 0 saturated carbocycles. The van der Waals surface area contributed by atoms with Gasteiger partial charge in [-0.05, 0) is 30.9 Å². The maximum Gasteiger partial charge on any atom is 0.239 e. The van der Waals surface area contributed by atoms with Crippen LogP contribution in [0.25, 0.3) is 10.9 Å². The second-order valence-electron chi connectivity index (χ2n) is 6.45. The third-order valence-electron chi connectivity index (χ3n) is 4.80. The van der Waals surface area contributed by atoms with Crippen molar-refractivity contribution in [3.05, 3.63) is 48.2 Å². The number of fused-ring (bicyclic) bond motifs is 1. The third kappa shape index (κ3) is 3.15. The number of H-pyrrole nitrogens is 1. The molecule has 3 aromatic rings. The zero-order chi connectivity index (χ0) is 17.2. The fourth-order valence-corrected chi connectivity index (χ4v) is 3.50. The minimum Gasteiger partial charge on any atom is -0.370 e. The van der Waals surface area contributed by atoms with Crippen molar-refractivity contribution in [3.8, 4) is 0 Å². The molecule has 0 radical (unpaired) electrons. The number of aromatic amines is 1. The van der Waals surface area contributed by atoms with Crippen molar-refractivity contribution < 1.29 is 9.53 Å². The summed E-state index contributed by atoms with van der Waals surface area (Å²) in [7, 11) is 0. The normalized spacial score (nSPS) is 20.2. The number of carbonyl (C=O) groups excluding carboxylic acids is 1. The Kier molecular flexibility index (Phi) is 4.23. The van der Waals surface area contributed by atoms with Crippen LogP contribution in [0.2, 0.25) is 0 Å². The number of ether oxygens (including phenoxy) is 1. The molecule has 25 heavy (non-hydrogen) atoms. The molecule has 2 atom stereocenters. The average molecular weight is 339 g/mol. The van der Waals surface area contributed by atoms with Crippen LogP contribution >= 0.6 is 0 Å². The first-order valence-corrected chi connectivity index (χ1v) is 8.51. The highest BCUT2D eigenvalue weighted by molar-refractivity contribution is 5.84. The van der Waals surface area contributed by atoms with Crippen molar-refractivity contribution in [1.29, 1.82) is 0 Å². The molecule has 2 N–H and O–H groups in total. The molecule has 0 spiro atoms. The standard InChI is InChI=1S/C18H21N5O2/c1-12-8-13-4-2-3-5-15(13)23(12)10-16(24)19-9-14-6-7-25-17(14)18-20-11-21-22-18/h2-5,8,11,14,17H,6-7,9-10H2,1H3,(H,19,24)(H,20,21,22)/t14-,17-/m0/s1. The highest BCUT2D eigenvalue weighted by Gasteiger charge is 2.32. The van der Waals surface area contributed by atoms with Crippen molar-refractivity contribution >= 4 is 16.8 Å². The van der Waals surface area contributed by atoms with Gasteiger partial charge in [0.15, 0.2) is 5.82 Å². The molecule has 4 rings (SSSR count). The van der Waals surface area contributed by atoms with E-state index in [1.54, 1.807) is 0 Å². The van der Waals surface area contributed by atoms with Crippen LogP contribution in [0.1, 0.15) is 24.0 Å². The Morgan fingerprint density at radius 3 is 3.16 bits per heavy atom. The third-order valence-corrected chi connectivity index (χ3v) is 4.80. The van der Waals surface area contributed by atoms with Gasteiger partial charge < -0.3 is 14.6 Å². The van der Waals surface area contributed by atoms with E-state index in [1.807, 2.05) is 29.7 Å². The number of nitrogens with one attached hydrogen (secondary N) is 2. The lowest BCUT2D eigenvalue weighted by atomic mass is 10.0. The fourth-order valence-electron chi connectivity index (χ4n) is 3.50. The summed E-state index contributed by atoms with van der Waals surface area (Å²) < 4.78 is 7.78. The summed E-state index contributed by atoms with van der Waals surface area (Å²) in [5, 5.41) is 10.9. The van der Waals surface area contributed by atoms with Gasteiger partial charge in [0.05, 0.1) is 0 Å². The molecule has 1 aliphatic rings. The summed E-state index contributed by atoms with van der Waals surface area (Å²) in [4.78, 5) is 16.6. The molecule has 1 fully saturated rings. The molecule has 1 aromatic carbocycles. The van der Waals surface area contributed by atoms with E-state index in [9.17, 15) is 4.79 Å². The van der Waals surface area contributed by atoms with Crippen LogP contribution in [-0.4, -0.2) is 38.8 Å². The number of carbonyl (C=O) groups is 1. The minimum atomic E-state index is -0.128. The van der Waals surface area contributed by atoms with Crippen LogP contribution < -0.4 is 5.32 Å². The van der Waals surface area contributed by atoms with Crippen LogP contribution in [0, 0.1) is 12.8 Å². The molecular weight excluding hydrogens is 318 g/mol. The van der Waals surface area contributed by atoms with Crippen LogP contribution in [-0.2, 0) is 16.1 Å². The van der Waals surface area contributed by atoms with Gasteiger partial charge in [0.25, 0.3) is 0 Å². The molecule has 0 unspecified atom stereocenters. The zero-order valence-corrected chi connectivity index (χ0v) is 14.1. The fraction of sp³-hybridized carbons (Fsp3) is 0.389. The lowest BCUT2D eigenvalue weighted by Crippen LogP contribution is -2.33. The van der Waals surface area contributed by atoms with E-state index < -0.39 is 0 Å². The summed E-state index contributed by atoms with van der Waals surface area (Å²) >= 11 is 0. The first-order valence-electron chi connectivity index (χ1n) is 8.51. The average Bonchev–Trinajstić information content (AvgIpc) is 3.33. The van der Waals surface area contributed by atoms with E-state index >= 15 is 0 Å². The second kappa shape index (κ2) is 6.68. The largest absolute Gasteiger partial charge is 0.370 e. The number of hydrogen-bond acceptors (Lipinski definition) is 4. The van der Waals surface area contributed by atoms with E-state index in [2.05, 4.69) is 32.6 Å². The van der Waals surface area contributed by atoms with Gasteiger partial charge in [0.1, 0.15) is 19.0 Å². The lowest BCUT2D eigenvalue weighted by Gasteiger charge is -2.17. The van der Waals surface area contributed by atoms with E-state index in [4.69, 9.17) is 4.74 Å². The summed E-state index contributed by atoms with van der Waals surface area (Å²) in [5.74, 6) is 0.941. The Bertz CT molecular complexity index is 871. The van der Waals surface area contributed by atoms with Crippen LogP contribution in [0.4, 0.5) is 0 Å². The summed E-state index contributed by atoms with van der Waals surface area (Å²) in [5.41, 5.74) is 2.17. The zero-order valence-electron chi connectivity index (χ0n) is 14.1. The summed E-state index contributed by atoms with van der Waals surface area (Å²) in [6.45, 7) is 3.59. The molecule has 1 aliphatic heterocycles. The second-order valence-corrected chi connectivity index (χ2v) is 6.45. The molecule has 1 amide bonds. The summed E-state index contributed by atoms with van der Waals surface area (Å²) in [6, 6.07) is 10.2. The predicted molar refractivity (Wildman–Crippen MR) is 92.9 cm³/mol. The van der Waals surface area contributed by atoms with E-state index in [-0.39, 0.29) is 17.9 Å². The highest BCUT2D eigenvalue weighted by atomic mass is 16.5. The van der Waals surface area contributed by atoms with Crippen LogP contribution in [0.3, 0.4) is 0 Å². The van der Waals surface area contributed by atoms with Crippen LogP contribution in [0.5, 0.6) is 0 Å². The maximum absolute atomic E-state index is 12.4. The van der Waals surface area contributed by atoms with Gasteiger partial charge in [-0.2, -0.15) is 5.10 Å². The van der Waals surface area contributed by atoms with E-state index in [1.165, 1.54) is 6.33 Å². The van der Waals surface area contributed by atoms with Gasteiger partial charge in [-0.1, -0.05) is 18.2 Å². The van der Waals surface area contributed by atoms with Gasteiger partial charge in [0.2, 0.25) is 5.91 Å². The smallest absolute Gasteiger partial charge is 0.239 e. The first kappa shape index (κ1) is 15.8. The maximum atomic E-state index is 12.4. The van der Waals surface area contributed by atoms with E-state index in [0.717, 1.165) is 28.8 Å². The van der Waals surface area contributed by atoms with Crippen molar-refractivity contribution in [1.82, 2.24) is 25.1 Å². The Hall–Kier alpha value is -2.67. The molecule has 1 saturated heterocycles. The number of rotatable bonds is 5. The number of hydrogen-bond donors (Lipinski definition) is 2. The summed E-state index contributed by atoms with van der Waals surface area (Å²) in [6.07, 6.45) is 2.25. The van der Waals surface area contributed by atoms with Crippen molar-refractivity contribution in [2.75, 3.05) is 13.2 Å². The molecule has 130 valence electrons. The molecule has 7 nitrogen and oxygen atoms in total. The monoisotopic (exact) mass is 339 g/mol. The van der Waals surface area contributed by atoms with Gasteiger partial charge in [-0.3, -0.25) is 9.89 Å². The molecular formula is C18H21N5O2. The molecule has 7 heteroatoms. The molecule has 0 aliphatic carbocycles. The van der Waals surface area contributed by atoms with Crippen molar-refractivity contribution in [2.24, 2.45) is 5.92 Å². The quantitative estimate of drug-likeness (QED) is 0.744. The van der Waals surface area contributed by atoms with Gasteiger partial charge >= 0.3 is 0 Å². The van der Waals surface area contributed by atoms with Gasteiger partial charge in [-0.25, -0.2) is 4.98 Å². The predicted octanol–water partition coefficient (Wildman–Crippen LogP) is 1.96. The highest BCUT2D eigenvalue weighted by Crippen LogP contribution is 2.31. The number of benzene rings is 1. The SMILES string of the molecule is Cc1cc2ccccc2n1CC(=O)NC[C@@H]1CCO[C@@H]1c1ncn[nH]1. The number of aromatic nitrogens is 4. The van der Waals surface area contributed by atoms with Crippen LogP contribution in [0.15, 0.2) is 36.7 Å². The molecule has 2 aromatic heterocycles. The Morgan fingerprint density at radius 1 is 1.44 bits per heavy atom. The topological polar surface area (TPSA) is 84.8 Å². The number of nitrogens with zero attached hydrogens (tertiary/aromatic N) is 3. The number of aryl methyl sites for hydroxylation is 1. The van der Waals surface area contributed by atoms with Crippen molar-refractivity contribution in [2.45, 2.75) is 26.0 Å². The van der Waals surface area contributed by atoms with Crippen molar-refractivity contribution in [3.63, 3.8) is 0 Å². The lowest BCUT2D eigenvalue weighted by molar-refractivity contribution is -0.121. The molecule has 3 heterocycles. The number of amides is 1. The van der Waals surface area contributed by atoms with E-state index in [0.29, 0.717) is 19.7 Å². The van der Waals surface area contributed by atoms with Gasteiger partial charge in [-0.15, -0.1) is 0 Å². The Balaban J connectivity index is 1.40. The molecule has 0 bridgehead atoms. The Labute approximate surface area is 145 Å². The Morgan fingerprint density at radius 2 is 2.32 bits per heavy atom. The first-order chi connectivity index (χ1) is 12.2. The number of para-hydroxylation sites is 1. The minimum absolute atomic E-state index is 0.00710.